The van der Waals surface area contributed by atoms with E-state index in [2.05, 4.69) is 35.7 Å². The van der Waals surface area contributed by atoms with E-state index in [4.69, 9.17) is 9.15 Å². The Labute approximate surface area is 165 Å². The first-order chi connectivity index (χ1) is 13.8. The summed E-state index contributed by atoms with van der Waals surface area (Å²) in [4.78, 5) is 11.3. The third kappa shape index (κ3) is 4.90. The van der Waals surface area contributed by atoms with Crippen molar-refractivity contribution in [2.75, 3.05) is 39.9 Å². The van der Waals surface area contributed by atoms with E-state index in [-0.39, 0.29) is 0 Å². The molecule has 0 aromatic carbocycles. The van der Waals surface area contributed by atoms with E-state index in [0.29, 0.717) is 30.1 Å². The van der Waals surface area contributed by atoms with Crippen LogP contribution in [0.15, 0.2) is 27.8 Å². The van der Waals surface area contributed by atoms with Gasteiger partial charge in [0.05, 0.1) is 19.4 Å². The number of hydrogen-bond donors (Lipinski definition) is 3. The van der Waals surface area contributed by atoms with Crippen LogP contribution >= 0.6 is 0 Å². The van der Waals surface area contributed by atoms with Crippen LogP contribution in [-0.4, -0.2) is 72.0 Å². The standard InChI is InChI=1S/C19H29N7O2/c1-20-19(21-11-17-23-18(25-24-17)16-3-2-9-28-16)22-15-4-7-26(8-5-15)12-14-6-10-27-13-14/h2-3,9,14-15H,4-8,10-13H2,1H3,(H2,20,21,22)(H,23,24,25). The van der Waals surface area contributed by atoms with Gasteiger partial charge in [0.15, 0.2) is 11.7 Å². The van der Waals surface area contributed by atoms with Crippen molar-refractivity contribution >= 4 is 5.96 Å². The Morgan fingerprint density at radius 2 is 2.25 bits per heavy atom. The number of guanidine groups is 1. The summed E-state index contributed by atoms with van der Waals surface area (Å²) in [6, 6.07) is 4.10. The fourth-order valence-corrected chi connectivity index (χ4v) is 3.80. The van der Waals surface area contributed by atoms with Gasteiger partial charge in [-0.05, 0) is 37.3 Å². The number of H-pyrrole nitrogens is 1. The molecule has 1 unspecified atom stereocenters. The maximum Gasteiger partial charge on any atom is 0.216 e. The second kappa shape index (κ2) is 9.20. The van der Waals surface area contributed by atoms with E-state index in [9.17, 15) is 0 Å². The molecule has 4 heterocycles. The minimum Gasteiger partial charge on any atom is -0.461 e. The van der Waals surface area contributed by atoms with Gasteiger partial charge < -0.3 is 24.7 Å². The van der Waals surface area contributed by atoms with Crippen molar-refractivity contribution in [1.82, 2.24) is 30.7 Å². The number of aliphatic imine (C=N–C) groups is 1. The van der Waals surface area contributed by atoms with E-state index < -0.39 is 0 Å². The highest BCUT2D eigenvalue weighted by Crippen LogP contribution is 2.18. The largest absolute Gasteiger partial charge is 0.461 e. The van der Waals surface area contributed by atoms with Crippen molar-refractivity contribution in [3.63, 3.8) is 0 Å². The molecule has 2 aromatic rings. The summed E-state index contributed by atoms with van der Waals surface area (Å²) < 4.78 is 10.8. The maximum atomic E-state index is 5.49. The molecule has 152 valence electrons. The van der Waals surface area contributed by atoms with Crippen molar-refractivity contribution in [2.24, 2.45) is 10.9 Å². The highest BCUT2D eigenvalue weighted by Gasteiger charge is 2.24. The van der Waals surface area contributed by atoms with E-state index in [0.717, 1.165) is 50.9 Å². The summed E-state index contributed by atoms with van der Waals surface area (Å²) in [6.45, 7) is 5.80. The molecule has 0 bridgehead atoms. The smallest absolute Gasteiger partial charge is 0.216 e. The molecule has 0 radical (unpaired) electrons. The molecule has 0 aliphatic carbocycles. The first-order valence-electron chi connectivity index (χ1n) is 10.0. The van der Waals surface area contributed by atoms with Crippen LogP contribution in [0.1, 0.15) is 25.1 Å². The van der Waals surface area contributed by atoms with Gasteiger partial charge in [0.1, 0.15) is 5.82 Å². The van der Waals surface area contributed by atoms with Crippen LogP contribution in [0.3, 0.4) is 0 Å². The Balaban J connectivity index is 1.20. The maximum absolute atomic E-state index is 5.49. The zero-order valence-electron chi connectivity index (χ0n) is 16.4. The summed E-state index contributed by atoms with van der Waals surface area (Å²) >= 11 is 0. The molecule has 2 fully saturated rings. The number of hydrogen-bond acceptors (Lipinski definition) is 6. The number of nitrogens with zero attached hydrogens (tertiary/aromatic N) is 4. The first kappa shape index (κ1) is 18.9. The number of aromatic amines is 1. The second-order valence-electron chi connectivity index (χ2n) is 7.46. The SMILES string of the molecule is CN=C(NCc1nc(-c2ccco2)n[nH]1)NC1CCN(CC2CCOC2)CC1. The lowest BCUT2D eigenvalue weighted by atomic mass is 10.0. The normalized spacial score (nSPS) is 21.9. The number of piperidine rings is 1. The molecule has 28 heavy (non-hydrogen) atoms. The number of ether oxygens (including phenoxy) is 1. The zero-order chi connectivity index (χ0) is 19.2. The summed E-state index contributed by atoms with van der Waals surface area (Å²) in [5.41, 5.74) is 0. The molecule has 0 saturated carbocycles. The van der Waals surface area contributed by atoms with Gasteiger partial charge in [-0.3, -0.25) is 10.1 Å². The molecule has 4 rings (SSSR count). The molecule has 2 aliphatic heterocycles. The Morgan fingerprint density at radius 3 is 2.96 bits per heavy atom. The van der Waals surface area contributed by atoms with E-state index in [1.807, 2.05) is 12.1 Å². The predicted molar refractivity (Wildman–Crippen MR) is 106 cm³/mol. The molecular formula is C19H29N7O2. The third-order valence-corrected chi connectivity index (χ3v) is 5.39. The summed E-state index contributed by atoms with van der Waals surface area (Å²) in [6.07, 6.45) is 5.07. The molecule has 2 aromatic heterocycles. The fourth-order valence-electron chi connectivity index (χ4n) is 3.80. The van der Waals surface area contributed by atoms with E-state index in [1.165, 1.54) is 13.0 Å². The molecule has 0 spiro atoms. The van der Waals surface area contributed by atoms with Crippen LogP contribution in [-0.2, 0) is 11.3 Å². The van der Waals surface area contributed by atoms with Crippen LogP contribution in [0.2, 0.25) is 0 Å². The zero-order valence-corrected chi connectivity index (χ0v) is 16.4. The van der Waals surface area contributed by atoms with Crippen molar-refractivity contribution in [1.29, 1.82) is 0 Å². The molecular weight excluding hydrogens is 358 g/mol. The van der Waals surface area contributed by atoms with Crippen molar-refractivity contribution in [3.05, 3.63) is 24.2 Å². The monoisotopic (exact) mass is 387 g/mol. The Morgan fingerprint density at radius 1 is 1.36 bits per heavy atom. The molecule has 1 atom stereocenters. The number of rotatable bonds is 6. The second-order valence-corrected chi connectivity index (χ2v) is 7.46. The van der Waals surface area contributed by atoms with Gasteiger partial charge in [0.2, 0.25) is 5.82 Å². The van der Waals surface area contributed by atoms with Gasteiger partial charge in [-0.1, -0.05) is 0 Å². The molecule has 2 saturated heterocycles. The van der Waals surface area contributed by atoms with Crippen molar-refractivity contribution < 1.29 is 9.15 Å². The van der Waals surface area contributed by atoms with Gasteiger partial charge in [-0.25, -0.2) is 4.98 Å². The minimum atomic E-state index is 0.440. The van der Waals surface area contributed by atoms with Gasteiger partial charge in [-0.2, -0.15) is 0 Å². The fraction of sp³-hybridized carbons (Fsp3) is 0.632. The lowest BCUT2D eigenvalue weighted by Crippen LogP contribution is -2.49. The lowest BCUT2D eigenvalue weighted by molar-refractivity contribution is 0.150. The average molecular weight is 387 g/mol. The number of nitrogens with one attached hydrogen (secondary N) is 3. The topological polar surface area (TPSA) is 104 Å². The summed E-state index contributed by atoms with van der Waals surface area (Å²) in [7, 11) is 1.79. The van der Waals surface area contributed by atoms with Crippen LogP contribution in [0.5, 0.6) is 0 Å². The number of furan rings is 1. The van der Waals surface area contributed by atoms with Crippen molar-refractivity contribution in [3.8, 4) is 11.6 Å². The highest BCUT2D eigenvalue weighted by atomic mass is 16.5. The highest BCUT2D eigenvalue weighted by molar-refractivity contribution is 5.79. The van der Waals surface area contributed by atoms with Gasteiger partial charge in [0, 0.05) is 39.3 Å². The van der Waals surface area contributed by atoms with Crippen LogP contribution in [0.25, 0.3) is 11.6 Å². The Bertz CT molecular complexity index is 744. The van der Waals surface area contributed by atoms with Gasteiger partial charge in [0.25, 0.3) is 0 Å². The molecule has 9 heteroatoms. The predicted octanol–water partition coefficient (Wildman–Crippen LogP) is 1.23. The number of aromatic nitrogens is 3. The molecule has 3 N–H and O–H groups in total. The third-order valence-electron chi connectivity index (χ3n) is 5.39. The molecule has 0 amide bonds. The Kier molecular flexibility index (Phi) is 6.23. The van der Waals surface area contributed by atoms with Crippen LogP contribution < -0.4 is 10.6 Å². The average Bonchev–Trinajstić information content (AvgIpc) is 3.48. The lowest BCUT2D eigenvalue weighted by Gasteiger charge is -2.34. The van der Waals surface area contributed by atoms with Crippen LogP contribution in [0.4, 0.5) is 0 Å². The van der Waals surface area contributed by atoms with E-state index in [1.54, 1.807) is 13.3 Å². The summed E-state index contributed by atoms with van der Waals surface area (Å²) in [5, 5.41) is 14.0. The molecule has 9 nitrogen and oxygen atoms in total. The Hall–Kier alpha value is -2.39. The summed E-state index contributed by atoms with van der Waals surface area (Å²) in [5.74, 6) is 3.46. The number of likely N-dealkylation sites (tertiary alicyclic amines) is 1. The first-order valence-corrected chi connectivity index (χ1v) is 10.0. The van der Waals surface area contributed by atoms with Crippen molar-refractivity contribution in [2.45, 2.75) is 31.8 Å². The molecule has 2 aliphatic rings. The van der Waals surface area contributed by atoms with Gasteiger partial charge in [-0.15, -0.1) is 5.10 Å². The van der Waals surface area contributed by atoms with Gasteiger partial charge >= 0.3 is 0 Å². The van der Waals surface area contributed by atoms with Crippen LogP contribution in [0, 0.1) is 5.92 Å². The quantitative estimate of drug-likeness (QED) is 0.506. The minimum absolute atomic E-state index is 0.440. The van der Waals surface area contributed by atoms with E-state index >= 15 is 0 Å².